The molecule has 1 aromatic carbocycles. The second-order valence-corrected chi connectivity index (χ2v) is 8.21. The lowest BCUT2D eigenvalue weighted by atomic mass is 10.2. The molecule has 1 atom stereocenters. The van der Waals surface area contributed by atoms with Crippen LogP contribution in [0.1, 0.15) is 12.8 Å². The summed E-state index contributed by atoms with van der Waals surface area (Å²) in [5.41, 5.74) is 1.11. The number of methoxy groups -OCH3 is 1. The van der Waals surface area contributed by atoms with Crippen LogP contribution >= 0.6 is 11.8 Å². The van der Waals surface area contributed by atoms with Gasteiger partial charge in [-0.2, -0.15) is 0 Å². The maximum absolute atomic E-state index is 12.6. The standard InChI is InChI=1S/C21H22N6O5S/c1-31-18-11-15(27(29)30)4-5-17(18)23-19(28)13-33-21-25-24-20(14-6-8-22-9-7-14)26(21)12-16-3-2-10-32-16/h4-9,11,16H,2-3,10,12-13H2,1H3,(H,23,28)/t16-/m1/s1. The van der Waals surface area contributed by atoms with Crippen LogP contribution in [0.5, 0.6) is 5.75 Å². The molecule has 1 saturated heterocycles. The molecule has 11 nitrogen and oxygen atoms in total. The minimum atomic E-state index is -0.523. The molecule has 1 N–H and O–H groups in total. The highest BCUT2D eigenvalue weighted by molar-refractivity contribution is 7.99. The van der Waals surface area contributed by atoms with Crippen LogP contribution in [-0.2, 0) is 16.1 Å². The molecule has 0 aliphatic carbocycles. The Balaban J connectivity index is 1.48. The molecule has 12 heteroatoms. The summed E-state index contributed by atoms with van der Waals surface area (Å²) in [5.74, 6) is 0.668. The summed E-state index contributed by atoms with van der Waals surface area (Å²) < 4.78 is 12.9. The number of ether oxygens (including phenoxy) is 2. The lowest BCUT2D eigenvalue weighted by molar-refractivity contribution is -0.384. The summed E-state index contributed by atoms with van der Waals surface area (Å²) in [5, 5.41) is 22.9. The van der Waals surface area contributed by atoms with E-state index in [2.05, 4.69) is 20.5 Å². The quantitative estimate of drug-likeness (QED) is 0.284. The Hall–Kier alpha value is -3.51. The molecule has 1 aliphatic rings. The molecule has 2 aromatic heterocycles. The number of nitrogens with one attached hydrogen (secondary N) is 1. The zero-order valence-electron chi connectivity index (χ0n) is 17.8. The molecule has 1 amide bonds. The van der Waals surface area contributed by atoms with Crippen molar-refractivity contribution in [3.8, 4) is 17.1 Å². The highest BCUT2D eigenvalue weighted by Gasteiger charge is 2.22. The Labute approximate surface area is 193 Å². The van der Waals surface area contributed by atoms with Crippen LogP contribution in [-0.4, -0.2) is 56.2 Å². The van der Waals surface area contributed by atoms with Gasteiger partial charge in [0.25, 0.3) is 5.69 Å². The Morgan fingerprint density at radius 1 is 1.33 bits per heavy atom. The van der Waals surface area contributed by atoms with E-state index in [0.29, 0.717) is 23.2 Å². The third kappa shape index (κ3) is 5.46. The SMILES string of the molecule is COc1cc([N+](=O)[O-])ccc1NC(=O)CSc1nnc(-c2ccncc2)n1C[C@H]1CCCO1. The normalized spacial score (nSPS) is 15.4. The highest BCUT2D eigenvalue weighted by atomic mass is 32.2. The van der Waals surface area contributed by atoms with Gasteiger partial charge in [-0.25, -0.2) is 0 Å². The molecule has 0 saturated carbocycles. The third-order valence-corrected chi connectivity index (χ3v) is 6.03. The van der Waals surface area contributed by atoms with Crippen molar-refractivity contribution in [1.82, 2.24) is 19.7 Å². The number of rotatable bonds is 9. The summed E-state index contributed by atoms with van der Waals surface area (Å²) in [4.78, 5) is 27.1. The number of carbonyl (C=O) groups excluding carboxylic acids is 1. The number of anilines is 1. The molecule has 4 rings (SSSR count). The number of nitrogens with zero attached hydrogens (tertiary/aromatic N) is 5. The van der Waals surface area contributed by atoms with Gasteiger partial charge in [0.15, 0.2) is 11.0 Å². The van der Waals surface area contributed by atoms with Crippen molar-refractivity contribution in [2.24, 2.45) is 0 Å². The van der Waals surface area contributed by atoms with Gasteiger partial charge in [-0.3, -0.25) is 24.5 Å². The summed E-state index contributed by atoms with van der Waals surface area (Å²) in [6.07, 6.45) is 5.42. The topological polar surface area (TPSA) is 134 Å². The van der Waals surface area contributed by atoms with E-state index >= 15 is 0 Å². The fourth-order valence-electron chi connectivity index (χ4n) is 3.48. The van der Waals surface area contributed by atoms with Crippen molar-refractivity contribution in [3.63, 3.8) is 0 Å². The molecule has 3 heterocycles. The lowest BCUT2D eigenvalue weighted by Crippen LogP contribution is -2.18. The van der Waals surface area contributed by atoms with Crippen molar-refractivity contribution >= 4 is 29.0 Å². The molecule has 0 unspecified atom stereocenters. The summed E-state index contributed by atoms with van der Waals surface area (Å²) in [6, 6.07) is 7.74. The average Bonchev–Trinajstić information content (AvgIpc) is 3.49. The first-order chi connectivity index (χ1) is 16.0. The smallest absolute Gasteiger partial charge is 0.273 e. The van der Waals surface area contributed by atoms with E-state index < -0.39 is 4.92 Å². The van der Waals surface area contributed by atoms with Gasteiger partial charge in [-0.1, -0.05) is 11.8 Å². The number of nitro benzene ring substituents is 1. The number of thioether (sulfide) groups is 1. The maximum atomic E-state index is 12.6. The third-order valence-electron chi connectivity index (χ3n) is 5.07. The average molecular weight is 471 g/mol. The Kier molecular flexibility index (Phi) is 7.15. The number of benzene rings is 1. The fraction of sp³-hybridized carbons (Fsp3) is 0.333. The number of nitro groups is 1. The number of hydrogen-bond acceptors (Lipinski definition) is 9. The van der Waals surface area contributed by atoms with Gasteiger partial charge in [0.05, 0.1) is 42.2 Å². The first kappa shape index (κ1) is 22.7. The molecule has 3 aromatic rings. The van der Waals surface area contributed by atoms with E-state index in [1.54, 1.807) is 12.4 Å². The van der Waals surface area contributed by atoms with E-state index in [0.717, 1.165) is 25.0 Å². The molecular weight excluding hydrogens is 448 g/mol. The van der Waals surface area contributed by atoms with E-state index in [1.807, 2.05) is 16.7 Å². The molecule has 0 spiro atoms. The van der Waals surface area contributed by atoms with Crippen LogP contribution in [0, 0.1) is 10.1 Å². The van der Waals surface area contributed by atoms with Crippen molar-refractivity contribution in [1.29, 1.82) is 0 Å². The monoisotopic (exact) mass is 470 g/mol. The molecule has 1 aliphatic heterocycles. The first-order valence-corrected chi connectivity index (χ1v) is 11.2. The zero-order valence-corrected chi connectivity index (χ0v) is 18.7. The van der Waals surface area contributed by atoms with Crippen molar-refractivity contribution in [3.05, 3.63) is 52.8 Å². The Morgan fingerprint density at radius 3 is 2.85 bits per heavy atom. The Bertz CT molecular complexity index is 1130. The van der Waals surface area contributed by atoms with E-state index in [9.17, 15) is 14.9 Å². The Morgan fingerprint density at radius 2 is 2.15 bits per heavy atom. The summed E-state index contributed by atoms with van der Waals surface area (Å²) in [6.45, 7) is 1.32. The van der Waals surface area contributed by atoms with Crippen molar-refractivity contribution in [2.45, 2.75) is 30.6 Å². The van der Waals surface area contributed by atoms with Crippen LogP contribution in [0.25, 0.3) is 11.4 Å². The minimum Gasteiger partial charge on any atom is -0.494 e. The fourth-order valence-corrected chi connectivity index (χ4v) is 4.23. The molecule has 1 fully saturated rings. The highest BCUT2D eigenvalue weighted by Crippen LogP contribution is 2.30. The van der Waals surface area contributed by atoms with Crippen LogP contribution in [0.4, 0.5) is 11.4 Å². The first-order valence-electron chi connectivity index (χ1n) is 10.3. The zero-order chi connectivity index (χ0) is 23.2. The van der Waals surface area contributed by atoms with Crippen LogP contribution in [0.2, 0.25) is 0 Å². The molecule has 0 bridgehead atoms. The molecule has 33 heavy (non-hydrogen) atoms. The number of aromatic nitrogens is 4. The van der Waals surface area contributed by atoms with Gasteiger partial charge in [-0.05, 0) is 31.0 Å². The van der Waals surface area contributed by atoms with Gasteiger partial charge >= 0.3 is 0 Å². The van der Waals surface area contributed by atoms with Crippen LogP contribution in [0.3, 0.4) is 0 Å². The predicted molar refractivity (Wildman–Crippen MR) is 121 cm³/mol. The van der Waals surface area contributed by atoms with E-state index in [-0.39, 0.29) is 29.2 Å². The lowest BCUT2D eigenvalue weighted by Gasteiger charge is -2.15. The van der Waals surface area contributed by atoms with Gasteiger partial charge in [0.1, 0.15) is 5.75 Å². The molecule has 172 valence electrons. The minimum absolute atomic E-state index is 0.0686. The maximum Gasteiger partial charge on any atom is 0.273 e. The van der Waals surface area contributed by atoms with Gasteiger partial charge in [-0.15, -0.1) is 10.2 Å². The van der Waals surface area contributed by atoms with Crippen molar-refractivity contribution in [2.75, 3.05) is 24.8 Å². The van der Waals surface area contributed by atoms with Gasteiger partial charge < -0.3 is 14.8 Å². The second kappa shape index (κ2) is 10.4. The van der Waals surface area contributed by atoms with Crippen molar-refractivity contribution < 1.29 is 19.2 Å². The van der Waals surface area contributed by atoms with Gasteiger partial charge in [0.2, 0.25) is 5.91 Å². The van der Waals surface area contributed by atoms with Crippen LogP contribution < -0.4 is 10.1 Å². The molecule has 0 radical (unpaired) electrons. The largest absolute Gasteiger partial charge is 0.494 e. The van der Waals surface area contributed by atoms with Crippen LogP contribution in [0.15, 0.2) is 47.9 Å². The predicted octanol–water partition coefficient (Wildman–Crippen LogP) is 3.17. The number of hydrogen-bond donors (Lipinski definition) is 1. The van der Waals surface area contributed by atoms with E-state index in [1.165, 1.54) is 37.1 Å². The van der Waals surface area contributed by atoms with Gasteiger partial charge in [0, 0.05) is 30.6 Å². The number of non-ortho nitro benzene ring substituents is 1. The number of carbonyl (C=O) groups is 1. The molecular formula is C21H22N6O5S. The summed E-state index contributed by atoms with van der Waals surface area (Å²) in [7, 11) is 1.39. The summed E-state index contributed by atoms with van der Waals surface area (Å²) >= 11 is 1.25. The van der Waals surface area contributed by atoms with E-state index in [4.69, 9.17) is 9.47 Å². The second-order valence-electron chi connectivity index (χ2n) is 7.27. The number of pyridine rings is 1. The number of amides is 1.